The van der Waals surface area contributed by atoms with Crippen molar-refractivity contribution in [1.82, 2.24) is 0 Å². The van der Waals surface area contributed by atoms with E-state index in [1.165, 1.54) is 0 Å². The van der Waals surface area contributed by atoms with Gasteiger partial charge < -0.3 is 15.3 Å². The fraction of sp³-hybridized carbons (Fsp3) is 0.400. The predicted octanol–water partition coefficient (Wildman–Crippen LogP) is 6.36. The van der Waals surface area contributed by atoms with Crippen molar-refractivity contribution < 1.29 is 129 Å². The van der Waals surface area contributed by atoms with E-state index < -0.39 is 89.9 Å². The summed E-state index contributed by atoms with van der Waals surface area (Å²) >= 11 is 0. The van der Waals surface area contributed by atoms with Crippen LogP contribution in [0.3, 0.4) is 0 Å². The van der Waals surface area contributed by atoms with Crippen LogP contribution in [0.25, 0.3) is 0 Å². The largest absolute Gasteiger partial charge is 0.504 e. The maximum Gasteiger partial charge on any atom is 0.454 e. The van der Waals surface area contributed by atoms with Gasteiger partial charge in [0.15, 0.2) is 0 Å². The van der Waals surface area contributed by atoms with Crippen molar-refractivity contribution >= 4 is 17.3 Å². The molecule has 0 rings (SSSR count). The molecule has 3 N–H and O–H groups in total. The Morgan fingerprint density at radius 2 is 0.475 bits per heavy atom. The molecule has 0 bridgehead atoms. The van der Waals surface area contributed by atoms with Gasteiger partial charge in [0.1, 0.15) is 0 Å². The second-order valence-electron chi connectivity index (χ2n) is 5.67. The van der Waals surface area contributed by atoms with Gasteiger partial charge in [0.25, 0.3) is 17.3 Å². The minimum absolute atomic E-state index is 0. The number of carbonyl (C=O) groups excluding carboxylic acids is 3. The zero-order chi connectivity index (χ0) is 32.6. The van der Waals surface area contributed by atoms with E-state index in [9.17, 15) is 93.4 Å². The first-order chi connectivity index (χ1) is 16.6. The summed E-state index contributed by atoms with van der Waals surface area (Å²) in [6.07, 6.45) is -35.0. The van der Waals surface area contributed by atoms with Crippen LogP contribution >= 0.6 is 0 Å². The molecule has 0 saturated carbocycles. The summed E-state index contributed by atoms with van der Waals surface area (Å²) in [5, 5.41) is 23.8. The van der Waals surface area contributed by atoms with Gasteiger partial charge in [-0.05, 0) is 0 Å². The molecule has 40 heavy (non-hydrogen) atoms. The molecule has 25 heteroatoms. The van der Waals surface area contributed by atoms with Gasteiger partial charge in [-0.25, -0.2) is 0 Å². The molecule has 1 radical (unpaired) electrons. The number of aliphatic hydroxyl groups is 3. The van der Waals surface area contributed by atoms with E-state index in [0.717, 1.165) is 0 Å². The van der Waals surface area contributed by atoms with Crippen LogP contribution in [0.4, 0.5) is 79.0 Å². The molecule has 0 amide bonds. The monoisotopic (exact) mass is 817 g/mol. The normalized spacial score (nSPS) is 14.1. The zero-order valence-electron chi connectivity index (χ0n) is 17.4. The standard InChI is InChI=1S/3C5H2F6O2.Ir/c3*6-4(7,8)2(12)1-3(13)5(9,10)11;/h3*1,12H;/b3*2-1+;. The van der Waals surface area contributed by atoms with Crippen LogP contribution < -0.4 is 0 Å². The Hall–Kier alpha value is -2.98. The number of rotatable bonds is 3. The molecule has 0 heterocycles. The van der Waals surface area contributed by atoms with E-state index in [4.69, 9.17) is 15.3 Å². The molecule has 0 saturated heterocycles. The van der Waals surface area contributed by atoms with Crippen molar-refractivity contribution in [2.75, 3.05) is 0 Å². The Balaban J connectivity index is -0.000000240. The summed E-state index contributed by atoms with van der Waals surface area (Å²) in [6, 6.07) is 0. The molecule has 0 aliphatic heterocycles. The molecule has 0 aromatic heterocycles. The van der Waals surface area contributed by atoms with Crippen molar-refractivity contribution in [1.29, 1.82) is 0 Å². The van der Waals surface area contributed by atoms with Gasteiger partial charge in [0.05, 0.1) is 0 Å². The third-order valence-electron chi connectivity index (χ3n) is 2.51. The van der Waals surface area contributed by atoms with Gasteiger partial charge in [-0.3, -0.25) is 14.4 Å². The molecule has 0 aromatic rings. The van der Waals surface area contributed by atoms with Gasteiger partial charge >= 0.3 is 37.1 Å². The molecule has 0 atom stereocenters. The Morgan fingerprint density at radius 3 is 0.550 bits per heavy atom. The van der Waals surface area contributed by atoms with Gasteiger partial charge in [-0.1, -0.05) is 0 Å². The van der Waals surface area contributed by atoms with Crippen LogP contribution in [0.2, 0.25) is 0 Å². The van der Waals surface area contributed by atoms with Crippen molar-refractivity contribution in [2.24, 2.45) is 0 Å². The third-order valence-corrected chi connectivity index (χ3v) is 2.51. The maximum atomic E-state index is 11.4. The molecule has 0 aromatic carbocycles. The number of allylic oxidation sites excluding steroid dienone is 6. The number of carbonyl (C=O) groups is 3. The SMILES string of the molecule is O=C(/C=C(/O)C(F)(F)F)C(F)(F)F.O=C(/C=C(/O)C(F)(F)F)C(F)(F)F.O=C(/C=C(/O)C(F)(F)F)C(F)(F)F.[Ir]. The molecule has 6 nitrogen and oxygen atoms in total. The molecular formula is C15H6F18IrO6. The van der Waals surface area contributed by atoms with Crippen LogP contribution in [0.5, 0.6) is 0 Å². The first-order valence-corrected chi connectivity index (χ1v) is 7.92. The van der Waals surface area contributed by atoms with E-state index in [2.05, 4.69) is 0 Å². The van der Waals surface area contributed by atoms with Crippen LogP contribution in [-0.4, -0.2) is 69.7 Å². The van der Waals surface area contributed by atoms with Crippen molar-refractivity contribution in [3.8, 4) is 0 Å². The average molecular weight is 816 g/mol. The fourth-order valence-corrected chi connectivity index (χ4v) is 0.864. The minimum Gasteiger partial charge on any atom is -0.504 e. The van der Waals surface area contributed by atoms with Crippen molar-refractivity contribution in [3.05, 3.63) is 35.5 Å². The fourth-order valence-electron chi connectivity index (χ4n) is 0.864. The van der Waals surface area contributed by atoms with E-state index >= 15 is 0 Å². The van der Waals surface area contributed by atoms with Gasteiger partial charge in [0, 0.05) is 38.3 Å². The average Bonchev–Trinajstić information content (AvgIpc) is 2.64. The summed E-state index contributed by atoms with van der Waals surface area (Å²) in [5.41, 5.74) is 0. The molecule has 237 valence electrons. The number of halogens is 18. The van der Waals surface area contributed by atoms with Gasteiger partial charge in [0.2, 0.25) is 17.3 Å². The quantitative estimate of drug-likeness (QED) is 0.174. The van der Waals surface area contributed by atoms with Gasteiger partial charge in [-0.2, -0.15) is 79.0 Å². The van der Waals surface area contributed by atoms with E-state index in [-0.39, 0.29) is 20.1 Å². The predicted molar refractivity (Wildman–Crippen MR) is 83.5 cm³/mol. The van der Waals surface area contributed by atoms with Crippen LogP contribution in [-0.2, 0) is 34.5 Å². The molecule has 0 aliphatic carbocycles. The Labute approximate surface area is 219 Å². The van der Waals surface area contributed by atoms with E-state index in [0.29, 0.717) is 0 Å². The van der Waals surface area contributed by atoms with Crippen LogP contribution in [0, 0.1) is 0 Å². The zero-order valence-corrected chi connectivity index (χ0v) is 19.8. The summed E-state index contributed by atoms with van der Waals surface area (Å²) < 4.78 is 204. The second kappa shape index (κ2) is 15.1. The molecule has 0 aliphatic rings. The summed E-state index contributed by atoms with van der Waals surface area (Å²) in [4.78, 5) is 29.6. The van der Waals surface area contributed by atoms with E-state index in [1.54, 1.807) is 0 Å². The molecular weight excluding hydrogens is 810 g/mol. The number of alkyl halides is 18. The Kier molecular flexibility index (Phi) is 16.7. The third kappa shape index (κ3) is 20.0. The Bertz CT molecular complexity index is 834. The maximum absolute atomic E-state index is 11.4. The number of ketones is 3. The summed E-state index contributed by atoms with van der Waals surface area (Å²) in [6.45, 7) is 0. The van der Waals surface area contributed by atoms with Crippen molar-refractivity contribution in [3.63, 3.8) is 0 Å². The number of aliphatic hydroxyl groups excluding tert-OH is 3. The van der Waals surface area contributed by atoms with Crippen LogP contribution in [0.15, 0.2) is 35.5 Å². The summed E-state index contributed by atoms with van der Waals surface area (Å²) in [5.74, 6) is -16.0. The molecule has 0 fully saturated rings. The number of hydrogen-bond acceptors (Lipinski definition) is 6. The number of hydrogen-bond donors (Lipinski definition) is 3. The summed E-state index contributed by atoms with van der Waals surface area (Å²) in [7, 11) is 0. The molecule has 0 unspecified atom stereocenters. The van der Waals surface area contributed by atoms with Crippen LogP contribution in [0.1, 0.15) is 0 Å². The first kappa shape index (κ1) is 44.1. The van der Waals surface area contributed by atoms with Crippen molar-refractivity contribution in [2.45, 2.75) is 37.1 Å². The smallest absolute Gasteiger partial charge is 0.454 e. The van der Waals surface area contributed by atoms with Gasteiger partial charge in [-0.15, -0.1) is 0 Å². The van der Waals surface area contributed by atoms with E-state index in [1.807, 2.05) is 0 Å². The Morgan fingerprint density at radius 1 is 0.350 bits per heavy atom. The minimum atomic E-state index is -5.42. The first-order valence-electron chi connectivity index (χ1n) is 7.92. The second-order valence-corrected chi connectivity index (χ2v) is 5.67. The topological polar surface area (TPSA) is 112 Å². The molecule has 0 spiro atoms.